The Balaban J connectivity index is 0.000000477. The Kier molecular flexibility index (Phi) is 7.00. The molecule has 0 aliphatic carbocycles. The van der Waals surface area contributed by atoms with Gasteiger partial charge in [-0.3, -0.25) is 9.89 Å². The van der Waals surface area contributed by atoms with Crippen LogP contribution in [0.2, 0.25) is 0 Å². The van der Waals surface area contributed by atoms with E-state index in [1.807, 2.05) is 54.6 Å². The van der Waals surface area contributed by atoms with Crippen LogP contribution < -0.4 is 21.1 Å². The van der Waals surface area contributed by atoms with Gasteiger partial charge in [-0.1, -0.05) is 24.3 Å². The smallest absolute Gasteiger partial charge is 0.255 e. The third kappa shape index (κ3) is 5.59. The van der Waals surface area contributed by atoms with Crippen molar-refractivity contribution < 1.29 is 9.53 Å². The lowest BCUT2D eigenvalue weighted by Gasteiger charge is -2.12. The van der Waals surface area contributed by atoms with Crippen LogP contribution in [0.1, 0.15) is 12.8 Å². The minimum Gasteiger partial charge on any atom is -0.484 e. The maximum Gasteiger partial charge on any atom is 0.255 e. The van der Waals surface area contributed by atoms with Gasteiger partial charge in [-0.05, 0) is 68.4 Å². The number of ether oxygens (including phenoxy) is 1. The van der Waals surface area contributed by atoms with Gasteiger partial charge >= 0.3 is 0 Å². The van der Waals surface area contributed by atoms with Gasteiger partial charge in [-0.25, -0.2) is 9.97 Å². The number of rotatable bonds is 6. The number of aromatic amines is 1. The van der Waals surface area contributed by atoms with E-state index in [1.54, 1.807) is 18.3 Å². The number of H-pyrrole nitrogens is 1. The number of benzene rings is 3. The first kappa shape index (κ1) is 23.3. The molecular formula is C27H27N7O2. The third-order valence-electron chi connectivity index (χ3n) is 5.74. The van der Waals surface area contributed by atoms with Gasteiger partial charge in [-0.15, -0.1) is 0 Å². The maximum atomic E-state index is 11.0. The van der Waals surface area contributed by atoms with E-state index >= 15 is 0 Å². The minimum atomic E-state index is -0.534. The number of carbonyl (C=O) groups is 1. The summed E-state index contributed by atoms with van der Waals surface area (Å²) in [4.78, 5) is 20.5. The lowest BCUT2D eigenvalue weighted by Crippen LogP contribution is -2.19. The number of hydrogen-bond acceptors (Lipinski definition) is 7. The number of amides is 1. The normalized spacial score (nSPS) is 12.8. The average molecular weight is 482 g/mol. The molecule has 0 unspecified atom stereocenters. The minimum absolute atomic E-state index is 0.189. The van der Waals surface area contributed by atoms with Gasteiger partial charge in [0, 0.05) is 22.0 Å². The number of para-hydroxylation sites is 1. The van der Waals surface area contributed by atoms with Crippen LogP contribution in [0.15, 0.2) is 72.9 Å². The van der Waals surface area contributed by atoms with Gasteiger partial charge in [0.05, 0.1) is 17.2 Å². The molecule has 1 amide bonds. The highest BCUT2D eigenvalue weighted by Crippen LogP contribution is 2.29. The van der Waals surface area contributed by atoms with Gasteiger partial charge < -0.3 is 21.1 Å². The quantitative estimate of drug-likeness (QED) is 0.286. The van der Waals surface area contributed by atoms with Crippen LogP contribution in [0.5, 0.6) is 5.75 Å². The predicted octanol–water partition coefficient (Wildman–Crippen LogP) is 4.15. The summed E-state index contributed by atoms with van der Waals surface area (Å²) < 4.78 is 5.42. The summed E-state index contributed by atoms with van der Waals surface area (Å²) in [6, 6.07) is 21.0. The molecule has 3 heterocycles. The zero-order valence-corrected chi connectivity index (χ0v) is 19.7. The Morgan fingerprint density at radius 1 is 1.00 bits per heavy atom. The number of nitrogens with one attached hydrogen (secondary N) is 3. The molecule has 0 atom stereocenters. The van der Waals surface area contributed by atoms with Gasteiger partial charge in [0.2, 0.25) is 0 Å². The van der Waals surface area contributed by atoms with E-state index in [-0.39, 0.29) is 6.61 Å². The molecule has 1 fully saturated rings. The van der Waals surface area contributed by atoms with Crippen LogP contribution in [-0.4, -0.2) is 45.8 Å². The Morgan fingerprint density at radius 3 is 2.67 bits per heavy atom. The molecule has 1 aliphatic heterocycles. The zero-order chi connectivity index (χ0) is 24.7. The number of nitrogens with two attached hydrogens (primary N) is 1. The largest absolute Gasteiger partial charge is 0.484 e. The average Bonchev–Trinajstić information content (AvgIpc) is 3.63. The second-order valence-electron chi connectivity index (χ2n) is 8.45. The standard InChI is InChI=1S/C23H18N6O2.C4H9N/c24-21(30)13-31-17-5-3-4-14(11-17)22-27-20-7-2-1-6-18(20)23(28-22)26-16-8-9-19-15(10-16)12-25-29-19;1-2-4-5-3-1/h1-12H,13H2,(H2,24,30)(H,25,29)(H,26,27,28);5H,1-4H2. The summed E-state index contributed by atoms with van der Waals surface area (Å²) >= 11 is 0. The van der Waals surface area contributed by atoms with E-state index in [1.165, 1.54) is 25.9 Å². The number of fused-ring (bicyclic) bond motifs is 2. The van der Waals surface area contributed by atoms with Crippen molar-refractivity contribution in [2.24, 2.45) is 5.73 Å². The van der Waals surface area contributed by atoms with Gasteiger partial charge in [0.25, 0.3) is 5.91 Å². The molecule has 182 valence electrons. The van der Waals surface area contributed by atoms with E-state index in [4.69, 9.17) is 20.4 Å². The molecule has 1 aliphatic rings. The first-order chi connectivity index (χ1) is 17.7. The molecule has 0 radical (unpaired) electrons. The molecule has 0 bridgehead atoms. The topological polar surface area (TPSA) is 131 Å². The number of anilines is 2. The van der Waals surface area contributed by atoms with Crippen LogP contribution >= 0.6 is 0 Å². The molecule has 0 saturated carbocycles. The summed E-state index contributed by atoms with van der Waals surface area (Å²) in [5.41, 5.74) is 8.60. The summed E-state index contributed by atoms with van der Waals surface area (Å²) in [6.07, 6.45) is 4.56. The van der Waals surface area contributed by atoms with Gasteiger partial charge in [-0.2, -0.15) is 5.10 Å². The van der Waals surface area contributed by atoms with E-state index < -0.39 is 5.91 Å². The van der Waals surface area contributed by atoms with Gasteiger partial charge in [0.1, 0.15) is 11.6 Å². The monoisotopic (exact) mass is 481 g/mol. The second-order valence-corrected chi connectivity index (χ2v) is 8.45. The highest BCUT2D eigenvalue weighted by Gasteiger charge is 2.11. The first-order valence-electron chi connectivity index (χ1n) is 11.8. The fraction of sp³-hybridized carbons (Fsp3) is 0.185. The Labute approximate surface area is 208 Å². The molecule has 3 aromatic carbocycles. The number of carbonyl (C=O) groups excluding carboxylic acids is 1. The molecule has 5 N–H and O–H groups in total. The van der Waals surface area contributed by atoms with E-state index in [0.29, 0.717) is 17.4 Å². The lowest BCUT2D eigenvalue weighted by molar-refractivity contribution is -0.119. The molecule has 36 heavy (non-hydrogen) atoms. The molecule has 2 aromatic heterocycles. The van der Waals surface area contributed by atoms with Crippen molar-refractivity contribution in [1.29, 1.82) is 0 Å². The van der Waals surface area contributed by atoms with Crippen molar-refractivity contribution in [3.63, 3.8) is 0 Å². The number of primary amides is 1. The number of aromatic nitrogens is 4. The predicted molar refractivity (Wildman–Crippen MR) is 141 cm³/mol. The third-order valence-corrected chi connectivity index (χ3v) is 5.74. The fourth-order valence-corrected chi connectivity index (χ4v) is 3.96. The molecule has 0 spiro atoms. The molecule has 5 aromatic rings. The Bertz CT molecular complexity index is 1490. The van der Waals surface area contributed by atoms with Crippen LogP contribution in [0, 0.1) is 0 Å². The molecule has 1 saturated heterocycles. The summed E-state index contributed by atoms with van der Waals surface area (Å²) in [7, 11) is 0. The van der Waals surface area contributed by atoms with Crippen molar-refractivity contribution in [1.82, 2.24) is 25.5 Å². The van der Waals surface area contributed by atoms with Crippen molar-refractivity contribution in [3.05, 3.63) is 72.9 Å². The molecule has 9 nitrogen and oxygen atoms in total. The second kappa shape index (κ2) is 10.8. The summed E-state index contributed by atoms with van der Waals surface area (Å²) in [6.45, 7) is 2.31. The van der Waals surface area contributed by atoms with Crippen LogP contribution in [0.25, 0.3) is 33.2 Å². The molecular weight excluding hydrogens is 454 g/mol. The number of hydrogen-bond donors (Lipinski definition) is 4. The van der Waals surface area contributed by atoms with Crippen LogP contribution in [0.4, 0.5) is 11.5 Å². The van der Waals surface area contributed by atoms with Gasteiger partial charge in [0.15, 0.2) is 12.4 Å². The molecule has 6 rings (SSSR count). The fourth-order valence-electron chi connectivity index (χ4n) is 3.96. The zero-order valence-electron chi connectivity index (χ0n) is 19.7. The Morgan fingerprint density at radius 2 is 1.86 bits per heavy atom. The highest BCUT2D eigenvalue weighted by atomic mass is 16.5. The SMILES string of the molecule is C1CCNC1.NC(=O)COc1cccc(-c2nc(Nc3ccc4[nH]ncc4c3)c3ccccc3n2)c1. The van der Waals surface area contributed by atoms with E-state index in [0.717, 1.165) is 33.1 Å². The first-order valence-corrected chi connectivity index (χ1v) is 11.8. The lowest BCUT2D eigenvalue weighted by atomic mass is 10.1. The summed E-state index contributed by atoms with van der Waals surface area (Å²) in [5.74, 6) is 1.21. The summed E-state index contributed by atoms with van der Waals surface area (Å²) in [5, 5.41) is 15.6. The van der Waals surface area contributed by atoms with Crippen LogP contribution in [0.3, 0.4) is 0 Å². The van der Waals surface area contributed by atoms with Crippen molar-refractivity contribution in [2.45, 2.75) is 12.8 Å². The Hall–Kier alpha value is -4.50. The van der Waals surface area contributed by atoms with E-state index in [9.17, 15) is 4.79 Å². The molecule has 9 heteroatoms. The van der Waals surface area contributed by atoms with E-state index in [2.05, 4.69) is 20.8 Å². The van der Waals surface area contributed by atoms with Crippen molar-refractivity contribution >= 4 is 39.2 Å². The van der Waals surface area contributed by atoms with Crippen molar-refractivity contribution in [2.75, 3.05) is 25.0 Å². The van der Waals surface area contributed by atoms with Crippen molar-refractivity contribution in [3.8, 4) is 17.1 Å². The van der Waals surface area contributed by atoms with Crippen LogP contribution in [-0.2, 0) is 4.79 Å². The highest BCUT2D eigenvalue weighted by molar-refractivity contribution is 5.93. The maximum absolute atomic E-state index is 11.0. The number of nitrogens with zero attached hydrogens (tertiary/aromatic N) is 3.